The summed E-state index contributed by atoms with van der Waals surface area (Å²) < 4.78 is 7.59. The van der Waals surface area contributed by atoms with Gasteiger partial charge < -0.3 is 10.5 Å². The van der Waals surface area contributed by atoms with Gasteiger partial charge in [-0.05, 0) is 13.3 Å². The van der Waals surface area contributed by atoms with E-state index >= 15 is 0 Å². The van der Waals surface area contributed by atoms with E-state index in [4.69, 9.17) is 10.5 Å². The highest BCUT2D eigenvalue weighted by Gasteiger charge is 2.21. The molecule has 0 bridgehead atoms. The van der Waals surface area contributed by atoms with Gasteiger partial charge in [-0.1, -0.05) is 18.7 Å². The average molecular weight is 427 g/mol. The number of ketones is 1. The molecule has 0 aliphatic carbocycles. The Balaban J connectivity index is 2.16. The number of anilines is 1. The van der Waals surface area contributed by atoms with Crippen LogP contribution in [-0.4, -0.2) is 38.2 Å². The Morgan fingerprint density at radius 2 is 2.04 bits per heavy atom. The molecule has 11 heteroatoms. The van der Waals surface area contributed by atoms with E-state index in [-0.39, 0.29) is 29.5 Å². The standard InChI is InChI=1S/C17H22N4O5S2/c1-4-6-21-14(18)13(15(24)20(3)17(21)25)11(22)9-28-16-19-10(8-27-16)7-12(23)26-5-2/h8H,4-7,9,18H2,1-3H3. The Hall–Kier alpha value is -2.40. The zero-order valence-electron chi connectivity index (χ0n) is 15.9. The molecule has 0 atom stereocenters. The summed E-state index contributed by atoms with van der Waals surface area (Å²) >= 11 is 2.44. The highest BCUT2D eigenvalue weighted by Crippen LogP contribution is 2.24. The molecule has 152 valence electrons. The molecular weight excluding hydrogens is 404 g/mol. The Bertz CT molecular complexity index is 992. The van der Waals surface area contributed by atoms with Gasteiger partial charge in [0.15, 0.2) is 10.1 Å². The van der Waals surface area contributed by atoms with Crippen molar-refractivity contribution in [3.05, 3.63) is 37.5 Å². The number of Topliss-reactive ketones (excluding diaryl/α,β-unsaturated/α-hetero) is 1. The fraction of sp³-hybridized carbons (Fsp3) is 0.471. The van der Waals surface area contributed by atoms with Crippen LogP contribution in [-0.2, 0) is 29.5 Å². The lowest BCUT2D eigenvalue weighted by Crippen LogP contribution is -2.42. The van der Waals surface area contributed by atoms with Crippen molar-refractivity contribution in [2.45, 2.75) is 37.6 Å². The second-order valence-corrected chi connectivity index (χ2v) is 7.94. The quantitative estimate of drug-likeness (QED) is 0.358. The van der Waals surface area contributed by atoms with E-state index in [0.29, 0.717) is 29.6 Å². The number of nitrogens with zero attached hydrogens (tertiary/aromatic N) is 3. The molecule has 0 spiro atoms. The third-order valence-electron chi connectivity index (χ3n) is 3.80. The summed E-state index contributed by atoms with van der Waals surface area (Å²) in [5.41, 5.74) is 5.07. The molecular formula is C17H22N4O5S2. The Labute approximate surface area is 169 Å². The van der Waals surface area contributed by atoms with Crippen LogP contribution in [0.1, 0.15) is 36.3 Å². The molecule has 2 aromatic heterocycles. The number of rotatable bonds is 9. The molecule has 0 aliphatic heterocycles. The van der Waals surface area contributed by atoms with Crippen LogP contribution in [0.25, 0.3) is 0 Å². The van der Waals surface area contributed by atoms with Gasteiger partial charge in [-0.3, -0.25) is 23.5 Å². The minimum Gasteiger partial charge on any atom is -0.466 e. The predicted octanol–water partition coefficient (Wildman–Crippen LogP) is 1.08. The van der Waals surface area contributed by atoms with Gasteiger partial charge in [0.2, 0.25) is 0 Å². The van der Waals surface area contributed by atoms with Crippen molar-refractivity contribution in [2.24, 2.45) is 7.05 Å². The molecule has 0 amide bonds. The average Bonchev–Trinajstić information content (AvgIpc) is 3.09. The molecule has 9 nitrogen and oxygen atoms in total. The molecule has 0 aromatic carbocycles. The molecule has 0 radical (unpaired) electrons. The maximum atomic E-state index is 12.6. The topological polar surface area (TPSA) is 126 Å². The summed E-state index contributed by atoms with van der Waals surface area (Å²) in [6.45, 7) is 4.21. The number of aromatic nitrogens is 3. The van der Waals surface area contributed by atoms with Crippen LogP contribution in [0.15, 0.2) is 19.3 Å². The minimum absolute atomic E-state index is 0.0594. The van der Waals surface area contributed by atoms with Crippen molar-refractivity contribution >= 4 is 40.7 Å². The van der Waals surface area contributed by atoms with Crippen LogP contribution in [0.5, 0.6) is 0 Å². The smallest absolute Gasteiger partial charge is 0.332 e. The molecule has 0 unspecified atom stereocenters. The van der Waals surface area contributed by atoms with E-state index in [1.807, 2.05) is 6.92 Å². The monoisotopic (exact) mass is 426 g/mol. The van der Waals surface area contributed by atoms with Crippen LogP contribution >= 0.6 is 23.1 Å². The Morgan fingerprint density at radius 1 is 1.32 bits per heavy atom. The fourth-order valence-electron chi connectivity index (χ4n) is 2.48. The molecule has 0 saturated carbocycles. The molecule has 2 heterocycles. The second kappa shape index (κ2) is 9.69. The number of nitrogen functional groups attached to an aromatic ring is 1. The number of hydrogen-bond donors (Lipinski definition) is 1. The highest BCUT2D eigenvalue weighted by molar-refractivity contribution is 8.01. The van der Waals surface area contributed by atoms with Crippen molar-refractivity contribution in [1.82, 2.24) is 14.1 Å². The van der Waals surface area contributed by atoms with Gasteiger partial charge in [0.1, 0.15) is 11.4 Å². The number of hydrogen-bond acceptors (Lipinski definition) is 9. The van der Waals surface area contributed by atoms with Crippen LogP contribution in [0.2, 0.25) is 0 Å². The van der Waals surface area contributed by atoms with Gasteiger partial charge in [-0.15, -0.1) is 11.3 Å². The number of ether oxygens (including phenoxy) is 1. The van der Waals surface area contributed by atoms with E-state index in [2.05, 4.69) is 4.98 Å². The van der Waals surface area contributed by atoms with Crippen LogP contribution in [0.4, 0.5) is 5.82 Å². The van der Waals surface area contributed by atoms with Crippen molar-refractivity contribution in [2.75, 3.05) is 18.1 Å². The van der Waals surface area contributed by atoms with Crippen LogP contribution in [0, 0.1) is 0 Å². The summed E-state index contributed by atoms with van der Waals surface area (Å²) in [7, 11) is 1.32. The number of esters is 1. The predicted molar refractivity (Wildman–Crippen MR) is 108 cm³/mol. The minimum atomic E-state index is -0.706. The lowest BCUT2D eigenvalue weighted by Gasteiger charge is -2.13. The first-order chi connectivity index (χ1) is 13.3. The first-order valence-corrected chi connectivity index (χ1v) is 10.5. The third-order valence-corrected chi connectivity index (χ3v) is 5.87. The van der Waals surface area contributed by atoms with E-state index in [9.17, 15) is 19.2 Å². The van der Waals surface area contributed by atoms with Gasteiger partial charge >= 0.3 is 11.7 Å². The van der Waals surface area contributed by atoms with Gasteiger partial charge in [0, 0.05) is 19.0 Å². The number of nitrogens with two attached hydrogens (primary N) is 1. The van der Waals surface area contributed by atoms with Crippen molar-refractivity contribution in [1.29, 1.82) is 0 Å². The first kappa shape index (κ1) is 21.9. The molecule has 0 aliphatic rings. The summed E-state index contributed by atoms with van der Waals surface area (Å²) in [5.74, 6) is -1.01. The maximum absolute atomic E-state index is 12.6. The molecule has 0 saturated heterocycles. The summed E-state index contributed by atoms with van der Waals surface area (Å²) in [5, 5.41) is 1.72. The zero-order valence-corrected chi connectivity index (χ0v) is 17.5. The molecule has 2 aromatic rings. The molecule has 2 N–H and O–H groups in total. The first-order valence-electron chi connectivity index (χ1n) is 8.65. The van der Waals surface area contributed by atoms with Crippen molar-refractivity contribution < 1.29 is 14.3 Å². The number of thiazole rings is 1. The normalized spacial score (nSPS) is 10.8. The molecule has 0 fully saturated rings. The lowest BCUT2D eigenvalue weighted by molar-refractivity contribution is -0.142. The Kier molecular flexibility index (Phi) is 7.58. The number of thioether (sulfide) groups is 1. The second-order valence-electron chi connectivity index (χ2n) is 5.86. The summed E-state index contributed by atoms with van der Waals surface area (Å²) in [6.07, 6.45) is 0.696. The van der Waals surface area contributed by atoms with Crippen LogP contribution < -0.4 is 17.0 Å². The summed E-state index contributed by atoms with van der Waals surface area (Å²) in [4.78, 5) is 53.0. The van der Waals surface area contributed by atoms with E-state index < -0.39 is 17.0 Å². The molecule has 2 rings (SSSR count). The lowest BCUT2D eigenvalue weighted by atomic mass is 10.2. The largest absolute Gasteiger partial charge is 0.466 e. The third kappa shape index (κ3) is 4.90. The Morgan fingerprint density at radius 3 is 2.68 bits per heavy atom. The van der Waals surface area contributed by atoms with E-state index in [0.717, 1.165) is 16.3 Å². The number of carbonyl (C=O) groups excluding carboxylic acids is 2. The fourth-order valence-corrected chi connectivity index (χ4v) is 4.20. The maximum Gasteiger partial charge on any atom is 0.332 e. The van der Waals surface area contributed by atoms with Crippen LogP contribution in [0.3, 0.4) is 0 Å². The highest BCUT2D eigenvalue weighted by atomic mass is 32.2. The van der Waals surface area contributed by atoms with Gasteiger partial charge in [0.05, 0.1) is 24.5 Å². The zero-order chi connectivity index (χ0) is 20.8. The van der Waals surface area contributed by atoms with Crippen molar-refractivity contribution in [3.63, 3.8) is 0 Å². The number of carbonyl (C=O) groups is 2. The van der Waals surface area contributed by atoms with Gasteiger partial charge in [-0.2, -0.15) is 0 Å². The van der Waals surface area contributed by atoms with Gasteiger partial charge in [0.25, 0.3) is 5.56 Å². The molecule has 28 heavy (non-hydrogen) atoms. The van der Waals surface area contributed by atoms with Gasteiger partial charge in [-0.25, -0.2) is 9.78 Å². The van der Waals surface area contributed by atoms with E-state index in [1.54, 1.807) is 12.3 Å². The van der Waals surface area contributed by atoms with Crippen molar-refractivity contribution in [3.8, 4) is 0 Å². The SMILES string of the molecule is CCCn1c(N)c(C(=O)CSc2nc(CC(=O)OCC)cs2)c(=O)n(C)c1=O. The van der Waals surface area contributed by atoms with E-state index in [1.165, 1.54) is 23.0 Å². The summed E-state index contributed by atoms with van der Waals surface area (Å²) in [6, 6.07) is 0.